The highest BCUT2D eigenvalue weighted by molar-refractivity contribution is 7.91. The zero-order valence-electron chi connectivity index (χ0n) is 23.4. The van der Waals surface area contributed by atoms with Crippen LogP contribution < -0.4 is 34.4 Å². The first-order chi connectivity index (χ1) is 20.2. The molecule has 0 unspecified atom stereocenters. The summed E-state index contributed by atoms with van der Waals surface area (Å²) in [7, 11) is -10.6. The van der Waals surface area contributed by atoms with E-state index >= 15 is 0 Å². The average molecular weight is 694 g/mol. The molecule has 0 atom stereocenters. The Kier molecular flexibility index (Phi) is 11.2. The number of nitrogens with two attached hydrogens (primary N) is 6. The molecule has 12 N–H and O–H groups in total. The molecule has 0 radical (unpaired) electrons. The SMILES string of the molecule is CS(=O)(=O)c1cc(N)c(N)c(N)c1.CS(=O)(=O)c1cc(N)c(N)c([N+](=O)[O-])c1.CS(=O)(=O)c1cc([N+](=O)[O-])c(N)c([N+](=O)[O-])c1. The Morgan fingerprint density at radius 3 is 0.933 bits per heavy atom. The normalized spacial score (nSPS) is 11.3. The number of nitro groups is 3. The molecule has 0 aliphatic rings. The standard InChI is InChI=1S/C7H7N3O6S.C7H9N3O4S.C7H11N3O2S/c1-17(15,16)4-2-5(9(11)12)7(8)6(3-4)10(13)14;1-15(13,14)4-2-5(8)7(9)6(3-4)10(11)12;1-13(11,12)4-2-5(8)7(10)6(9)3-4/h2-3H,8H2,1H3;2-3H,8-9H2,1H3;2-3H,8-10H2,1H3. The highest BCUT2D eigenvalue weighted by Gasteiger charge is 2.27. The van der Waals surface area contributed by atoms with Crippen LogP contribution in [0.2, 0.25) is 0 Å². The largest absolute Gasteiger partial charge is 0.397 e. The van der Waals surface area contributed by atoms with Gasteiger partial charge in [-0.15, -0.1) is 0 Å². The van der Waals surface area contributed by atoms with Gasteiger partial charge in [0.05, 0.1) is 52.2 Å². The second kappa shape index (κ2) is 13.4. The van der Waals surface area contributed by atoms with E-state index in [1.165, 1.54) is 12.1 Å². The average Bonchev–Trinajstić information content (AvgIpc) is 2.87. The van der Waals surface area contributed by atoms with Gasteiger partial charge in [-0.3, -0.25) is 30.3 Å². The third-order valence-corrected chi connectivity index (χ3v) is 8.64. The fourth-order valence-electron chi connectivity index (χ4n) is 3.00. The third-order valence-electron chi connectivity index (χ3n) is 5.37. The molecule has 0 aliphatic carbocycles. The summed E-state index contributed by atoms with van der Waals surface area (Å²) in [6.45, 7) is 0. The molecule has 24 heteroatoms. The van der Waals surface area contributed by atoms with Crippen molar-refractivity contribution < 1.29 is 40.0 Å². The Labute approximate surface area is 255 Å². The first-order valence-electron chi connectivity index (χ1n) is 11.3. The fourth-order valence-corrected chi connectivity index (χ4v) is 5.00. The van der Waals surface area contributed by atoms with E-state index in [0.717, 1.165) is 30.9 Å². The van der Waals surface area contributed by atoms with Crippen molar-refractivity contribution in [2.24, 2.45) is 0 Å². The van der Waals surface area contributed by atoms with Crippen molar-refractivity contribution in [1.82, 2.24) is 0 Å². The molecule has 0 heterocycles. The van der Waals surface area contributed by atoms with Crippen molar-refractivity contribution in [2.45, 2.75) is 14.7 Å². The Bertz CT molecular complexity index is 1970. The van der Waals surface area contributed by atoms with E-state index in [9.17, 15) is 55.6 Å². The molecule has 0 aliphatic heterocycles. The Hall–Kier alpha value is -5.49. The fraction of sp³-hybridized carbons (Fsp3) is 0.143. The maximum Gasteiger partial charge on any atom is 0.300 e. The van der Waals surface area contributed by atoms with E-state index < -0.39 is 71.9 Å². The van der Waals surface area contributed by atoms with Gasteiger partial charge in [-0.25, -0.2) is 25.3 Å². The van der Waals surface area contributed by atoms with E-state index in [0.29, 0.717) is 12.1 Å². The summed E-state index contributed by atoms with van der Waals surface area (Å²) in [6.07, 6.45) is 2.80. The number of benzene rings is 3. The first kappa shape index (κ1) is 37.5. The van der Waals surface area contributed by atoms with Crippen LogP contribution in [0, 0.1) is 30.3 Å². The van der Waals surface area contributed by atoms with Gasteiger partial charge < -0.3 is 34.4 Å². The molecule has 3 rings (SSSR count). The summed E-state index contributed by atoms with van der Waals surface area (Å²) in [5.74, 6) is 0. The lowest BCUT2D eigenvalue weighted by Gasteiger charge is -2.06. The zero-order chi connectivity index (χ0) is 35.4. The summed E-state index contributed by atoms with van der Waals surface area (Å²) in [6, 6.07) is 5.95. The molecular weight excluding hydrogens is 666 g/mol. The van der Waals surface area contributed by atoms with Gasteiger partial charge in [0.1, 0.15) is 5.69 Å². The van der Waals surface area contributed by atoms with Crippen LogP contribution in [-0.2, 0) is 29.5 Å². The molecular formula is C21H27N9O12S3. The Morgan fingerprint density at radius 2 is 0.667 bits per heavy atom. The molecule has 3 aromatic rings. The van der Waals surface area contributed by atoms with Gasteiger partial charge in [0.15, 0.2) is 35.2 Å². The summed E-state index contributed by atoms with van der Waals surface area (Å²) in [5, 5.41) is 31.7. The van der Waals surface area contributed by atoms with Crippen LogP contribution in [0.15, 0.2) is 51.1 Å². The van der Waals surface area contributed by atoms with Gasteiger partial charge in [-0.2, -0.15) is 0 Å². The Morgan fingerprint density at radius 1 is 0.444 bits per heavy atom. The molecule has 3 aromatic carbocycles. The maximum atomic E-state index is 11.2. The van der Waals surface area contributed by atoms with Crippen molar-refractivity contribution in [3.63, 3.8) is 0 Å². The summed E-state index contributed by atoms with van der Waals surface area (Å²) < 4.78 is 66.9. The lowest BCUT2D eigenvalue weighted by atomic mass is 10.2. The van der Waals surface area contributed by atoms with Crippen molar-refractivity contribution in [3.8, 4) is 0 Å². The predicted octanol–water partition coefficient (Wildman–Crippen LogP) is 0.488. The summed E-state index contributed by atoms with van der Waals surface area (Å²) >= 11 is 0. The van der Waals surface area contributed by atoms with Gasteiger partial charge in [0.25, 0.3) is 5.69 Å². The molecule has 246 valence electrons. The van der Waals surface area contributed by atoms with E-state index in [1.807, 2.05) is 0 Å². The van der Waals surface area contributed by atoms with E-state index in [1.54, 1.807) is 0 Å². The van der Waals surface area contributed by atoms with E-state index in [-0.39, 0.29) is 38.2 Å². The zero-order valence-corrected chi connectivity index (χ0v) is 25.8. The number of nitrogen functional groups attached to an aromatic ring is 6. The maximum absolute atomic E-state index is 11.2. The van der Waals surface area contributed by atoms with Crippen LogP contribution in [0.25, 0.3) is 0 Å². The molecule has 0 spiro atoms. The highest BCUT2D eigenvalue weighted by Crippen LogP contribution is 2.34. The second-order valence-electron chi connectivity index (χ2n) is 8.92. The van der Waals surface area contributed by atoms with Gasteiger partial charge in [0.2, 0.25) is 0 Å². The number of sulfone groups is 3. The predicted molar refractivity (Wildman–Crippen MR) is 165 cm³/mol. The number of hydrogen-bond acceptors (Lipinski definition) is 18. The molecule has 0 bridgehead atoms. The Balaban J connectivity index is 0.000000341. The molecule has 0 saturated heterocycles. The van der Waals surface area contributed by atoms with E-state index in [2.05, 4.69) is 0 Å². The lowest BCUT2D eigenvalue weighted by Crippen LogP contribution is -2.05. The van der Waals surface area contributed by atoms with Crippen molar-refractivity contribution in [2.75, 3.05) is 53.2 Å². The van der Waals surface area contributed by atoms with Crippen LogP contribution in [0.4, 0.5) is 51.2 Å². The van der Waals surface area contributed by atoms with Gasteiger partial charge in [-0.1, -0.05) is 0 Å². The minimum Gasteiger partial charge on any atom is -0.397 e. The van der Waals surface area contributed by atoms with Crippen molar-refractivity contribution in [3.05, 3.63) is 66.7 Å². The minimum atomic E-state index is -3.80. The summed E-state index contributed by atoms with van der Waals surface area (Å²) in [5.41, 5.74) is 29.7. The molecule has 45 heavy (non-hydrogen) atoms. The first-order valence-corrected chi connectivity index (χ1v) is 17.0. The van der Waals surface area contributed by atoms with Crippen LogP contribution >= 0.6 is 0 Å². The van der Waals surface area contributed by atoms with Crippen LogP contribution in [0.1, 0.15) is 0 Å². The molecule has 0 aromatic heterocycles. The van der Waals surface area contributed by atoms with E-state index in [4.69, 9.17) is 34.4 Å². The molecule has 0 saturated carbocycles. The number of hydrogen-bond donors (Lipinski definition) is 6. The van der Waals surface area contributed by atoms with Crippen LogP contribution in [0.5, 0.6) is 0 Å². The van der Waals surface area contributed by atoms with Gasteiger partial charge >= 0.3 is 11.4 Å². The topological polar surface area (TPSA) is 388 Å². The quantitative estimate of drug-likeness (QED) is 0.116. The number of anilines is 6. The van der Waals surface area contributed by atoms with Crippen LogP contribution in [0.3, 0.4) is 0 Å². The minimum absolute atomic E-state index is 0.0803. The van der Waals surface area contributed by atoms with Crippen LogP contribution in [-0.4, -0.2) is 58.8 Å². The van der Waals surface area contributed by atoms with Crippen molar-refractivity contribution in [1.29, 1.82) is 0 Å². The number of nitrogens with zero attached hydrogens (tertiary/aromatic N) is 3. The molecule has 0 amide bonds. The van der Waals surface area contributed by atoms with Gasteiger partial charge in [-0.05, 0) is 18.2 Å². The lowest BCUT2D eigenvalue weighted by molar-refractivity contribution is -0.392. The van der Waals surface area contributed by atoms with Crippen molar-refractivity contribution >= 4 is 80.7 Å². The molecule has 21 nitrogen and oxygen atoms in total. The highest BCUT2D eigenvalue weighted by atomic mass is 32.2. The smallest absolute Gasteiger partial charge is 0.300 e. The second-order valence-corrected chi connectivity index (χ2v) is 15.0. The monoisotopic (exact) mass is 693 g/mol. The number of rotatable bonds is 6. The molecule has 0 fully saturated rings. The summed E-state index contributed by atoms with van der Waals surface area (Å²) in [4.78, 5) is 28.3. The third kappa shape index (κ3) is 9.76. The number of nitro benzene ring substituents is 3. The van der Waals surface area contributed by atoms with Gasteiger partial charge in [0, 0.05) is 37.0 Å².